The monoisotopic (exact) mass is 330 g/mol. The number of ether oxygens (including phenoxy) is 1. The number of rotatable bonds is 3. The Hall–Kier alpha value is -1.33. The van der Waals surface area contributed by atoms with Gasteiger partial charge in [0, 0.05) is 16.7 Å². The van der Waals surface area contributed by atoms with Crippen molar-refractivity contribution in [2.45, 2.75) is 0 Å². The quantitative estimate of drug-likeness (QED) is 0.906. The third-order valence-corrected chi connectivity index (χ3v) is 2.95. The molecule has 1 N–H and O–H groups in total. The minimum absolute atomic E-state index is 0.368. The van der Waals surface area contributed by atoms with Crippen molar-refractivity contribution in [1.82, 2.24) is 4.98 Å². The minimum Gasteiger partial charge on any atom is -0.494 e. The van der Waals surface area contributed by atoms with E-state index in [0.29, 0.717) is 22.3 Å². The highest BCUT2D eigenvalue weighted by atomic mass is 79.9. The smallest absolute Gasteiger partial charge is 0.149 e. The van der Waals surface area contributed by atoms with E-state index in [9.17, 15) is 4.39 Å². The molecule has 0 aliphatic rings. The molecular formula is C12H9BrClFN2O. The molecule has 0 radical (unpaired) electrons. The predicted molar refractivity (Wildman–Crippen MR) is 73.2 cm³/mol. The molecule has 6 heteroatoms. The Bertz CT molecular complexity index is 580. The molecule has 18 heavy (non-hydrogen) atoms. The van der Waals surface area contributed by atoms with E-state index in [2.05, 4.69) is 26.2 Å². The highest BCUT2D eigenvalue weighted by Crippen LogP contribution is 2.31. The van der Waals surface area contributed by atoms with E-state index in [1.807, 2.05) is 0 Å². The normalized spacial score (nSPS) is 10.2. The van der Waals surface area contributed by atoms with Crippen molar-refractivity contribution >= 4 is 39.0 Å². The van der Waals surface area contributed by atoms with E-state index < -0.39 is 0 Å². The summed E-state index contributed by atoms with van der Waals surface area (Å²) in [6.45, 7) is 0. The number of pyridine rings is 1. The first kappa shape index (κ1) is 13.1. The van der Waals surface area contributed by atoms with E-state index in [4.69, 9.17) is 16.3 Å². The highest BCUT2D eigenvalue weighted by Gasteiger charge is 2.08. The Labute approximate surface area is 117 Å². The molecule has 0 bridgehead atoms. The van der Waals surface area contributed by atoms with Crippen molar-refractivity contribution < 1.29 is 9.13 Å². The number of aromatic nitrogens is 1. The Morgan fingerprint density at radius 2 is 2.17 bits per heavy atom. The third-order valence-electron chi connectivity index (χ3n) is 2.22. The van der Waals surface area contributed by atoms with E-state index in [-0.39, 0.29) is 5.82 Å². The van der Waals surface area contributed by atoms with Crippen LogP contribution in [0.5, 0.6) is 5.75 Å². The molecule has 3 nitrogen and oxygen atoms in total. The van der Waals surface area contributed by atoms with Crippen molar-refractivity contribution in [3.8, 4) is 5.75 Å². The van der Waals surface area contributed by atoms with Crippen LogP contribution in [0.1, 0.15) is 0 Å². The molecule has 0 aliphatic heterocycles. The lowest BCUT2D eigenvalue weighted by molar-refractivity contribution is 0.413. The largest absolute Gasteiger partial charge is 0.494 e. The van der Waals surface area contributed by atoms with Gasteiger partial charge in [0.25, 0.3) is 0 Å². The number of nitrogens with one attached hydrogen (secondary N) is 1. The van der Waals surface area contributed by atoms with Crippen molar-refractivity contribution in [2.75, 3.05) is 12.4 Å². The summed E-state index contributed by atoms with van der Waals surface area (Å²) in [5.41, 5.74) is 0.593. The number of hydrogen-bond acceptors (Lipinski definition) is 3. The number of hydrogen-bond donors (Lipinski definition) is 1. The van der Waals surface area contributed by atoms with Gasteiger partial charge in [-0.05, 0) is 34.1 Å². The van der Waals surface area contributed by atoms with E-state index in [1.165, 1.54) is 19.2 Å². The van der Waals surface area contributed by atoms with Crippen LogP contribution in [0.2, 0.25) is 5.02 Å². The Kier molecular flexibility index (Phi) is 4.04. The molecule has 0 amide bonds. The highest BCUT2D eigenvalue weighted by molar-refractivity contribution is 9.10. The second-order valence-corrected chi connectivity index (χ2v) is 4.78. The molecule has 0 spiro atoms. The first-order chi connectivity index (χ1) is 8.60. The molecule has 1 aromatic heterocycles. The average Bonchev–Trinajstić information content (AvgIpc) is 2.34. The Morgan fingerprint density at radius 3 is 2.83 bits per heavy atom. The SMILES string of the molecule is COc1cc(F)ccc1Nc1ncc(Br)cc1Cl. The minimum atomic E-state index is -0.368. The number of benzene rings is 1. The fourth-order valence-electron chi connectivity index (χ4n) is 1.40. The number of methoxy groups -OCH3 is 1. The van der Waals surface area contributed by atoms with Gasteiger partial charge in [0.1, 0.15) is 17.4 Å². The van der Waals surface area contributed by atoms with Crippen molar-refractivity contribution in [3.05, 3.63) is 45.8 Å². The molecule has 2 rings (SSSR count). The lowest BCUT2D eigenvalue weighted by atomic mass is 10.3. The molecule has 0 saturated carbocycles. The molecule has 0 fully saturated rings. The van der Waals surface area contributed by atoms with Gasteiger partial charge < -0.3 is 10.1 Å². The summed E-state index contributed by atoms with van der Waals surface area (Å²) in [4.78, 5) is 4.13. The van der Waals surface area contributed by atoms with E-state index >= 15 is 0 Å². The Morgan fingerprint density at radius 1 is 1.39 bits per heavy atom. The topological polar surface area (TPSA) is 34.1 Å². The standard InChI is InChI=1S/C12H9BrClFN2O/c1-18-11-5-8(15)2-3-10(11)17-12-9(14)4-7(13)6-16-12/h2-6H,1H3,(H,16,17). The van der Waals surface area contributed by atoms with Gasteiger partial charge in [0.15, 0.2) is 0 Å². The molecule has 0 unspecified atom stereocenters. The van der Waals surface area contributed by atoms with Crippen LogP contribution in [0.15, 0.2) is 34.9 Å². The summed E-state index contributed by atoms with van der Waals surface area (Å²) in [7, 11) is 1.47. The van der Waals surface area contributed by atoms with Crippen LogP contribution in [0.3, 0.4) is 0 Å². The second-order valence-electron chi connectivity index (χ2n) is 3.45. The summed E-state index contributed by atoms with van der Waals surface area (Å²) in [5, 5.41) is 3.45. The molecule has 1 aromatic carbocycles. The van der Waals surface area contributed by atoms with Gasteiger partial charge in [0.2, 0.25) is 0 Å². The van der Waals surface area contributed by atoms with Crippen LogP contribution in [-0.2, 0) is 0 Å². The first-order valence-corrected chi connectivity index (χ1v) is 6.19. The maximum Gasteiger partial charge on any atom is 0.149 e. The summed E-state index contributed by atoms with van der Waals surface area (Å²) >= 11 is 9.31. The van der Waals surface area contributed by atoms with Crippen LogP contribution in [-0.4, -0.2) is 12.1 Å². The van der Waals surface area contributed by atoms with Gasteiger partial charge in [-0.3, -0.25) is 0 Å². The zero-order valence-electron chi connectivity index (χ0n) is 9.38. The molecule has 1 heterocycles. The maximum absolute atomic E-state index is 13.0. The molecule has 2 aromatic rings. The number of anilines is 2. The van der Waals surface area contributed by atoms with Crippen molar-refractivity contribution in [3.63, 3.8) is 0 Å². The summed E-state index contributed by atoms with van der Waals surface area (Å²) in [6, 6.07) is 5.90. The fraction of sp³-hybridized carbons (Fsp3) is 0.0833. The summed E-state index contributed by atoms with van der Waals surface area (Å²) < 4.78 is 18.9. The maximum atomic E-state index is 13.0. The molecule has 0 atom stereocenters. The summed E-state index contributed by atoms with van der Waals surface area (Å²) in [5.74, 6) is 0.493. The zero-order valence-corrected chi connectivity index (χ0v) is 11.7. The van der Waals surface area contributed by atoms with Crippen molar-refractivity contribution in [2.24, 2.45) is 0 Å². The van der Waals surface area contributed by atoms with Crippen LogP contribution in [0, 0.1) is 5.82 Å². The molecule has 94 valence electrons. The van der Waals surface area contributed by atoms with E-state index in [0.717, 1.165) is 4.47 Å². The van der Waals surface area contributed by atoms with Gasteiger partial charge >= 0.3 is 0 Å². The lowest BCUT2D eigenvalue weighted by Crippen LogP contribution is -1.97. The van der Waals surface area contributed by atoms with Crippen molar-refractivity contribution in [1.29, 1.82) is 0 Å². The summed E-state index contributed by atoms with van der Waals surface area (Å²) in [6.07, 6.45) is 1.62. The predicted octanol–water partition coefficient (Wildman–Crippen LogP) is 4.39. The fourth-order valence-corrected chi connectivity index (χ4v) is 2.08. The van der Waals surface area contributed by atoms with Crippen LogP contribution < -0.4 is 10.1 Å². The van der Waals surface area contributed by atoms with Gasteiger partial charge in [-0.1, -0.05) is 11.6 Å². The van der Waals surface area contributed by atoms with E-state index in [1.54, 1.807) is 18.3 Å². The lowest BCUT2D eigenvalue weighted by Gasteiger charge is -2.11. The number of nitrogens with zero attached hydrogens (tertiary/aromatic N) is 1. The van der Waals surface area contributed by atoms with Gasteiger partial charge in [-0.25, -0.2) is 9.37 Å². The molecule has 0 aliphatic carbocycles. The molecular weight excluding hydrogens is 322 g/mol. The third kappa shape index (κ3) is 2.91. The van der Waals surface area contributed by atoms with Gasteiger partial charge in [-0.15, -0.1) is 0 Å². The average molecular weight is 332 g/mol. The second kappa shape index (κ2) is 5.54. The van der Waals surface area contributed by atoms with Crippen LogP contribution in [0.25, 0.3) is 0 Å². The number of halogens is 3. The van der Waals surface area contributed by atoms with Gasteiger partial charge in [0.05, 0.1) is 17.8 Å². The van der Waals surface area contributed by atoms with Crippen LogP contribution >= 0.6 is 27.5 Å². The zero-order chi connectivity index (χ0) is 13.1. The van der Waals surface area contributed by atoms with Gasteiger partial charge in [-0.2, -0.15) is 0 Å². The Balaban J connectivity index is 2.33. The molecule has 0 saturated heterocycles. The van der Waals surface area contributed by atoms with Crippen LogP contribution in [0.4, 0.5) is 15.9 Å². The first-order valence-electron chi connectivity index (χ1n) is 5.02.